The van der Waals surface area contributed by atoms with Gasteiger partial charge in [0.15, 0.2) is 5.13 Å². The van der Waals surface area contributed by atoms with Crippen molar-refractivity contribution in [1.29, 1.82) is 0 Å². The van der Waals surface area contributed by atoms with Crippen molar-refractivity contribution in [3.63, 3.8) is 0 Å². The van der Waals surface area contributed by atoms with Gasteiger partial charge >= 0.3 is 0 Å². The number of nitrogens with one attached hydrogen (secondary N) is 3. The van der Waals surface area contributed by atoms with Crippen LogP contribution in [0, 0.1) is 5.82 Å². The maximum absolute atomic E-state index is 13.1. The topological polar surface area (TPSA) is 99.8 Å². The molecule has 24 heavy (non-hydrogen) atoms. The van der Waals surface area contributed by atoms with Crippen molar-refractivity contribution in [1.82, 2.24) is 20.3 Å². The molecule has 0 aliphatic heterocycles. The van der Waals surface area contributed by atoms with Crippen LogP contribution in [0.15, 0.2) is 29.8 Å². The lowest BCUT2D eigenvalue weighted by Crippen LogP contribution is -2.32. The number of hydrogen-bond acceptors (Lipinski definition) is 5. The van der Waals surface area contributed by atoms with Gasteiger partial charge < -0.3 is 15.6 Å². The van der Waals surface area contributed by atoms with Crippen molar-refractivity contribution in [3.8, 4) is 0 Å². The molecule has 2 heterocycles. The number of imidazole rings is 1. The summed E-state index contributed by atoms with van der Waals surface area (Å²) in [5.41, 5.74) is 1.24. The quantitative estimate of drug-likeness (QED) is 0.633. The molecule has 2 aromatic heterocycles. The Morgan fingerprint density at radius 2 is 2.17 bits per heavy atom. The van der Waals surface area contributed by atoms with Crippen molar-refractivity contribution >= 4 is 39.3 Å². The monoisotopic (exact) mass is 347 g/mol. The number of aromatic nitrogens is 3. The zero-order valence-electron chi connectivity index (χ0n) is 12.5. The van der Waals surface area contributed by atoms with E-state index < -0.39 is 0 Å². The Kier molecular flexibility index (Phi) is 4.80. The van der Waals surface area contributed by atoms with Crippen LogP contribution in [-0.2, 0) is 16.0 Å². The number of rotatable bonds is 6. The minimum Gasteiger partial charge on any atom is -0.347 e. The number of thiazole rings is 1. The van der Waals surface area contributed by atoms with Gasteiger partial charge in [0.1, 0.15) is 11.6 Å². The van der Waals surface area contributed by atoms with Gasteiger partial charge in [-0.05, 0) is 18.2 Å². The summed E-state index contributed by atoms with van der Waals surface area (Å²) in [7, 11) is 0. The number of anilines is 1. The number of aromatic amines is 1. The molecular weight excluding hydrogens is 333 g/mol. The van der Waals surface area contributed by atoms with Gasteiger partial charge in [-0.3, -0.25) is 9.59 Å². The molecule has 3 aromatic rings. The molecule has 0 saturated carbocycles. The minimum atomic E-state index is -0.346. The van der Waals surface area contributed by atoms with E-state index in [4.69, 9.17) is 0 Å². The number of halogens is 1. The lowest BCUT2D eigenvalue weighted by atomic mass is 10.3. The molecule has 0 aliphatic rings. The molecule has 3 N–H and O–H groups in total. The van der Waals surface area contributed by atoms with Crippen LogP contribution in [0.1, 0.15) is 12.2 Å². The second-order valence-corrected chi connectivity index (χ2v) is 5.90. The Labute approximate surface area is 140 Å². The third-order valence-corrected chi connectivity index (χ3v) is 3.90. The van der Waals surface area contributed by atoms with Crippen LogP contribution in [0.25, 0.3) is 11.0 Å². The smallest absolute Gasteiger partial charge is 0.245 e. The molecule has 1 aromatic carbocycles. The molecule has 0 unspecified atom stereocenters. The Hall–Kier alpha value is -2.81. The number of nitrogens with zero attached hydrogens (tertiary/aromatic N) is 2. The average Bonchev–Trinajstić information content (AvgIpc) is 3.19. The van der Waals surface area contributed by atoms with E-state index in [1.807, 2.05) is 0 Å². The first-order valence-electron chi connectivity index (χ1n) is 7.20. The Balaban J connectivity index is 1.45. The van der Waals surface area contributed by atoms with Crippen molar-refractivity contribution in [2.24, 2.45) is 0 Å². The Morgan fingerprint density at radius 3 is 2.96 bits per heavy atom. The summed E-state index contributed by atoms with van der Waals surface area (Å²) in [6.45, 7) is -0.121. The number of amides is 2. The standard InChI is InChI=1S/C15H14FN5O2S/c16-9-1-2-10-11(7-9)20-12(19-10)3-4-13(22)18-8-14(23)21-15-17-5-6-24-15/h1-2,5-7H,3-4,8H2,(H,18,22)(H,19,20)(H,17,21,23). The maximum atomic E-state index is 13.1. The van der Waals surface area contributed by atoms with E-state index in [9.17, 15) is 14.0 Å². The highest BCUT2D eigenvalue weighted by Gasteiger charge is 2.09. The van der Waals surface area contributed by atoms with E-state index in [0.717, 1.165) is 0 Å². The molecule has 0 atom stereocenters. The van der Waals surface area contributed by atoms with Crippen molar-refractivity contribution in [2.75, 3.05) is 11.9 Å². The molecule has 0 fully saturated rings. The average molecular weight is 347 g/mol. The van der Waals surface area contributed by atoms with Gasteiger partial charge in [-0.15, -0.1) is 11.3 Å². The number of fused-ring (bicyclic) bond motifs is 1. The first-order chi connectivity index (χ1) is 11.6. The number of H-pyrrole nitrogens is 1. The maximum Gasteiger partial charge on any atom is 0.245 e. The summed E-state index contributed by atoms with van der Waals surface area (Å²) in [4.78, 5) is 34.6. The summed E-state index contributed by atoms with van der Waals surface area (Å²) >= 11 is 1.30. The third-order valence-electron chi connectivity index (χ3n) is 3.21. The predicted octanol–water partition coefficient (Wildman–Crippen LogP) is 1.85. The van der Waals surface area contributed by atoms with Gasteiger partial charge in [0.2, 0.25) is 11.8 Å². The number of aryl methyl sites for hydroxylation is 1. The summed E-state index contributed by atoms with van der Waals surface area (Å²) in [6, 6.07) is 4.27. The molecular formula is C15H14FN5O2S. The van der Waals surface area contributed by atoms with Crippen molar-refractivity contribution < 1.29 is 14.0 Å². The molecule has 3 rings (SSSR count). The van der Waals surface area contributed by atoms with Gasteiger partial charge in [-0.2, -0.15) is 0 Å². The van der Waals surface area contributed by atoms with Crippen molar-refractivity contribution in [2.45, 2.75) is 12.8 Å². The molecule has 0 bridgehead atoms. The van der Waals surface area contributed by atoms with Crippen LogP contribution >= 0.6 is 11.3 Å². The fourth-order valence-electron chi connectivity index (χ4n) is 2.10. The highest BCUT2D eigenvalue weighted by molar-refractivity contribution is 7.13. The zero-order valence-corrected chi connectivity index (χ0v) is 13.3. The number of carbonyl (C=O) groups is 2. The highest BCUT2D eigenvalue weighted by atomic mass is 32.1. The summed E-state index contributed by atoms with van der Waals surface area (Å²) in [5.74, 6) is -0.354. The normalized spacial score (nSPS) is 10.7. The molecule has 0 saturated heterocycles. The first-order valence-corrected chi connectivity index (χ1v) is 8.08. The van der Waals surface area contributed by atoms with Crippen LogP contribution in [-0.4, -0.2) is 33.3 Å². The second kappa shape index (κ2) is 7.18. The molecule has 124 valence electrons. The van der Waals surface area contributed by atoms with Crippen LogP contribution in [0.5, 0.6) is 0 Å². The molecule has 2 amide bonds. The molecule has 0 radical (unpaired) electrons. The molecule has 9 heteroatoms. The van der Waals surface area contributed by atoms with E-state index in [1.165, 1.54) is 23.5 Å². The van der Waals surface area contributed by atoms with Gasteiger partial charge in [0.25, 0.3) is 0 Å². The lowest BCUT2D eigenvalue weighted by molar-refractivity contribution is -0.124. The Bertz CT molecular complexity index is 862. The fourth-order valence-corrected chi connectivity index (χ4v) is 2.65. The van der Waals surface area contributed by atoms with Crippen LogP contribution < -0.4 is 10.6 Å². The second-order valence-electron chi connectivity index (χ2n) is 5.01. The van der Waals surface area contributed by atoms with Crippen molar-refractivity contribution in [3.05, 3.63) is 41.4 Å². The van der Waals surface area contributed by atoms with Gasteiger partial charge in [0, 0.05) is 24.4 Å². The van der Waals surface area contributed by atoms with Gasteiger partial charge in [0.05, 0.1) is 17.6 Å². The SMILES string of the molecule is O=C(CCc1nc2ccc(F)cc2[nH]1)NCC(=O)Nc1nccs1. The van der Waals surface area contributed by atoms with E-state index >= 15 is 0 Å². The van der Waals surface area contributed by atoms with E-state index in [0.29, 0.717) is 28.4 Å². The van der Waals surface area contributed by atoms with Gasteiger partial charge in [-0.25, -0.2) is 14.4 Å². The molecule has 0 aliphatic carbocycles. The first kappa shape index (κ1) is 16.1. The number of benzene rings is 1. The van der Waals surface area contributed by atoms with E-state index in [1.54, 1.807) is 17.6 Å². The van der Waals surface area contributed by atoms with E-state index in [2.05, 4.69) is 25.6 Å². The van der Waals surface area contributed by atoms with Crippen LogP contribution in [0.3, 0.4) is 0 Å². The highest BCUT2D eigenvalue weighted by Crippen LogP contribution is 2.13. The largest absolute Gasteiger partial charge is 0.347 e. The lowest BCUT2D eigenvalue weighted by Gasteiger charge is -2.04. The Morgan fingerprint density at radius 1 is 1.29 bits per heavy atom. The third kappa shape index (κ3) is 4.13. The number of carbonyl (C=O) groups excluding carboxylic acids is 2. The minimum absolute atomic E-state index is 0.121. The summed E-state index contributed by atoms with van der Waals surface area (Å²) in [6.07, 6.45) is 2.13. The summed E-state index contributed by atoms with van der Waals surface area (Å²) < 4.78 is 13.1. The fraction of sp³-hybridized carbons (Fsp3) is 0.200. The predicted molar refractivity (Wildman–Crippen MR) is 88.1 cm³/mol. The van der Waals surface area contributed by atoms with Crippen LogP contribution in [0.4, 0.5) is 9.52 Å². The molecule has 0 spiro atoms. The van der Waals surface area contributed by atoms with Crippen LogP contribution in [0.2, 0.25) is 0 Å². The summed E-state index contributed by atoms with van der Waals surface area (Å²) in [5, 5.41) is 7.34. The number of hydrogen-bond donors (Lipinski definition) is 3. The van der Waals surface area contributed by atoms with E-state index in [-0.39, 0.29) is 30.6 Å². The molecule has 7 nitrogen and oxygen atoms in total. The zero-order chi connectivity index (χ0) is 16.9. The van der Waals surface area contributed by atoms with Gasteiger partial charge in [-0.1, -0.05) is 0 Å².